The number of carboxylic acids is 1. The van der Waals surface area contributed by atoms with Crippen molar-refractivity contribution in [3.63, 3.8) is 0 Å². The highest BCUT2D eigenvalue weighted by Crippen LogP contribution is 2.23. The summed E-state index contributed by atoms with van der Waals surface area (Å²) in [5.41, 5.74) is 3.50. The molecule has 0 unspecified atom stereocenters. The zero-order valence-electron chi connectivity index (χ0n) is 10.5. The summed E-state index contributed by atoms with van der Waals surface area (Å²) < 4.78 is 2.66. The molecular weight excluding hydrogens is 322 g/mol. The highest BCUT2D eigenvalue weighted by atomic mass is 79.9. The number of rotatable bonds is 2. The maximum absolute atomic E-state index is 11.0. The SMILES string of the molecule is Cc1ccc(Br)cc1-n1nnc2cc(C(=O)O)ccc21. The van der Waals surface area contributed by atoms with Gasteiger partial charge in [0.05, 0.1) is 16.8 Å². The number of aromatic carboxylic acids is 1. The normalized spacial score (nSPS) is 10.9. The van der Waals surface area contributed by atoms with Crippen molar-refractivity contribution < 1.29 is 9.90 Å². The van der Waals surface area contributed by atoms with Crippen molar-refractivity contribution in [3.05, 3.63) is 52.0 Å². The lowest BCUT2D eigenvalue weighted by molar-refractivity contribution is 0.0697. The molecule has 1 N–H and O–H groups in total. The molecule has 3 rings (SSSR count). The first-order chi connectivity index (χ1) is 9.56. The van der Waals surface area contributed by atoms with Crippen LogP contribution in [0.5, 0.6) is 0 Å². The minimum absolute atomic E-state index is 0.204. The summed E-state index contributed by atoms with van der Waals surface area (Å²) in [6.45, 7) is 1.99. The molecule has 0 aliphatic heterocycles. The predicted octanol–water partition coefficient (Wildman–Crippen LogP) is 3.19. The lowest BCUT2D eigenvalue weighted by Gasteiger charge is -2.07. The number of hydrogen-bond acceptors (Lipinski definition) is 3. The number of halogens is 1. The maximum Gasteiger partial charge on any atom is 0.335 e. The van der Waals surface area contributed by atoms with Crippen LogP contribution in [-0.2, 0) is 0 Å². The van der Waals surface area contributed by atoms with E-state index >= 15 is 0 Å². The number of hydrogen-bond donors (Lipinski definition) is 1. The fourth-order valence-electron chi connectivity index (χ4n) is 2.05. The molecule has 0 radical (unpaired) electrons. The lowest BCUT2D eigenvalue weighted by atomic mass is 10.2. The fraction of sp³-hybridized carbons (Fsp3) is 0.0714. The van der Waals surface area contributed by atoms with Crippen LogP contribution in [0, 0.1) is 6.92 Å². The average Bonchev–Trinajstić information content (AvgIpc) is 2.84. The lowest BCUT2D eigenvalue weighted by Crippen LogP contribution is -2.00. The summed E-state index contributed by atoms with van der Waals surface area (Å²) in [7, 11) is 0. The summed E-state index contributed by atoms with van der Waals surface area (Å²) in [4.78, 5) is 11.0. The van der Waals surface area contributed by atoms with E-state index in [0.717, 1.165) is 21.2 Å². The van der Waals surface area contributed by atoms with E-state index in [2.05, 4.69) is 26.2 Å². The third-order valence-electron chi connectivity index (χ3n) is 3.09. The molecular formula is C14H10BrN3O2. The number of carboxylic acid groups (broad SMARTS) is 1. The van der Waals surface area contributed by atoms with Crippen molar-refractivity contribution in [1.29, 1.82) is 0 Å². The van der Waals surface area contributed by atoms with Crippen molar-refractivity contribution in [2.45, 2.75) is 6.92 Å². The zero-order valence-corrected chi connectivity index (χ0v) is 12.1. The van der Waals surface area contributed by atoms with Crippen LogP contribution >= 0.6 is 15.9 Å². The van der Waals surface area contributed by atoms with Gasteiger partial charge in [0.15, 0.2) is 0 Å². The molecule has 100 valence electrons. The molecule has 0 saturated heterocycles. The largest absolute Gasteiger partial charge is 0.478 e. The van der Waals surface area contributed by atoms with Gasteiger partial charge in [0, 0.05) is 4.47 Å². The van der Waals surface area contributed by atoms with E-state index in [-0.39, 0.29) is 5.56 Å². The average molecular weight is 332 g/mol. The predicted molar refractivity (Wildman–Crippen MR) is 78.3 cm³/mol. The summed E-state index contributed by atoms with van der Waals surface area (Å²) in [5, 5.41) is 17.2. The molecule has 0 spiro atoms. The van der Waals surface area contributed by atoms with E-state index < -0.39 is 5.97 Å². The van der Waals surface area contributed by atoms with Gasteiger partial charge in [0.2, 0.25) is 0 Å². The van der Waals surface area contributed by atoms with Gasteiger partial charge in [-0.2, -0.15) is 0 Å². The van der Waals surface area contributed by atoms with Crippen LogP contribution in [0.25, 0.3) is 16.7 Å². The number of aryl methyl sites for hydroxylation is 1. The van der Waals surface area contributed by atoms with Crippen molar-refractivity contribution >= 4 is 32.9 Å². The van der Waals surface area contributed by atoms with Crippen LogP contribution in [0.1, 0.15) is 15.9 Å². The molecule has 0 atom stereocenters. The van der Waals surface area contributed by atoms with Crippen LogP contribution in [-0.4, -0.2) is 26.1 Å². The summed E-state index contributed by atoms with van der Waals surface area (Å²) >= 11 is 3.44. The third-order valence-corrected chi connectivity index (χ3v) is 3.59. The molecule has 20 heavy (non-hydrogen) atoms. The van der Waals surface area contributed by atoms with Crippen LogP contribution < -0.4 is 0 Å². The molecule has 1 aromatic heterocycles. The molecule has 0 amide bonds. The Morgan fingerprint density at radius 2 is 2.05 bits per heavy atom. The molecule has 5 nitrogen and oxygen atoms in total. The Labute approximate surface area is 123 Å². The smallest absolute Gasteiger partial charge is 0.335 e. The molecule has 0 bridgehead atoms. The molecule has 1 heterocycles. The summed E-state index contributed by atoms with van der Waals surface area (Å²) in [5.74, 6) is -0.972. The minimum Gasteiger partial charge on any atom is -0.478 e. The molecule has 2 aromatic carbocycles. The molecule has 3 aromatic rings. The second-order valence-corrected chi connectivity index (χ2v) is 5.36. The van der Waals surface area contributed by atoms with Crippen molar-refractivity contribution in [1.82, 2.24) is 15.0 Å². The van der Waals surface area contributed by atoms with E-state index in [4.69, 9.17) is 5.11 Å². The van der Waals surface area contributed by atoms with Crippen LogP contribution in [0.3, 0.4) is 0 Å². The van der Waals surface area contributed by atoms with E-state index in [1.807, 2.05) is 25.1 Å². The number of benzene rings is 2. The highest BCUT2D eigenvalue weighted by molar-refractivity contribution is 9.10. The first-order valence-electron chi connectivity index (χ1n) is 5.91. The Morgan fingerprint density at radius 1 is 1.25 bits per heavy atom. The highest BCUT2D eigenvalue weighted by Gasteiger charge is 2.11. The van der Waals surface area contributed by atoms with E-state index in [0.29, 0.717) is 5.52 Å². The maximum atomic E-state index is 11.0. The molecule has 0 saturated carbocycles. The van der Waals surface area contributed by atoms with Gasteiger partial charge >= 0.3 is 5.97 Å². The van der Waals surface area contributed by atoms with Crippen LogP contribution in [0.4, 0.5) is 0 Å². The van der Waals surface area contributed by atoms with Gasteiger partial charge in [-0.1, -0.05) is 27.2 Å². The number of carbonyl (C=O) groups is 1. The van der Waals surface area contributed by atoms with Gasteiger partial charge in [-0.15, -0.1) is 5.10 Å². The second-order valence-electron chi connectivity index (χ2n) is 4.44. The van der Waals surface area contributed by atoms with Gasteiger partial charge in [-0.3, -0.25) is 0 Å². The van der Waals surface area contributed by atoms with E-state index in [9.17, 15) is 4.79 Å². The summed E-state index contributed by atoms with van der Waals surface area (Å²) in [6.07, 6.45) is 0. The number of aromatic nitrogens is 3. The fourth-order valence-corrected chi connectivity index (χ4v) is 2.39. The standard InChI is InChI=1S/C14H10BrN3O2/c1-8-2-4-10(15)7-13(8)18-12-5-3-9(14(19)20)6-11(12)16-17-18/h2-7H,1H3,(H,19,20). The number of nitrogens with zero attached hydrogens (tertiary/aromatic N) is 3. The zero-order chi connectivity index (χ0) is 14.3. The van der Waals surface area contributed by atoms with E-state index in [1.165, 1.54) is 6.07 Å². The van der Waals surface area contributed by atoms with E-state index in [1.54, 1.807) is 16.8 Å². The first-order valence-corrected chi connectivity index (χ1v) is 6.71. The van der Waals surface area contributed by atoms with Crippen LogP contribution in [0.15, 0.2) is 40.9 Å². The second kappa shape index (κ2) is 4.72. The molecule has 6 heteroatoms. The third kappa shape index (κ3) is 2.08. The molecule has 0 fully saturated rings. The molecule has 0 aliphatic rings. The van der Waals surface area contributed by atoms with Gasteiger partial charge in [-0.25, -0.2) is 9.48 Å². The molecule has 0 aliphatic carbocycles. The minimum atomic E-state index is -0.972. The Hall–Kier alpha value is -2.21. The Kier molecular flexibility index (Phi) is 3.02. The van der Waals surface area contributed by atoms with Gasteiger partial charge in [0.25, 0.3) is 0 Å². The topological polar surface area (TPSA) is 68.0 Å². The van der Waals surface area contributed by atoms with Crippen molar-refractivity contribution in [3.8, 4) is 5.69 Å². The van der Waals surface area contributed by atoms with Crippen LogP contribution in [0.2, 0.25) is 0 Å². The Morgan fingerprint density at radius 3 is 2.80 bits per heavy atom. The van der Waals surface area contributed by atoms with Gasteiger partial charge in [-0.05, 0) is 42.8 Å². The van der Waals surface area contributed by atoms with Crippen molar-refractivity contribution in [2.24, 2.45) is 0 Å². The van der Waals surface area contributed by atoms with Gasteiger partial charge in [0.1, 0.15) is 5.52 Å². The van der Waals surface area contributed by atoms with Crippen molar-refractivity contribution in [2.75, 3.05) is 0 Å². The quantitative estimate of drug-likeness (QED) is 0.783. The number of fused-ring (bicyclic) bond motifs is 1. The van der Waals surface area contributed by atoms with Gasteiger partial charge < -0.3 is 5.11 Å². The first kappa shape index (κ1) is 12.8. The monoisotopic (exact) mass is 331 g/mol. The Bertz CT molecular complexity index is 826. The Balaban J connectivity index is 2.22. The summed E-state index contributed by atoms with van der Waals surface area (Å²) in [6, 6.07) is 10.7.